The minimum absolute atomic E-state index is 0.0529. The molecule has 0 aromatic heterocycles. The molecule has 4 nitrogen and oxygen atoms in total. The molecule has 0 radical (unpaired) electrons. The van der Waals surface area contributed by atoms with Gasteiger partial charge in [0, 0.05) is 11.4 Å². The van der Waals surface area contributed by atoms with Crippen molar-refractivity contribution in [2.24, 2.45) is 0 Å². The fraction of sp³-hybridized carbons (Fsp3) is 0.429. The molecular formula is C14H16ClNO3S. The van der Waals surface area contributed by atoms with E-state index >= 15 is 0 Å². The van der Waals surface area contributed by atoms with E-state index in [0.29, 0.717) is 18.0 Å². The third-order valence-corrected chi connectivity index (χ3v) is 4.73. The monoisotopic (exact) mass is 313 g/mol. The molecule has 1 aliphatic rings. The molecule has 0 N–H and O–H groups in total. The zero-order chi connectivity index (χ0) is 14.5. The second kappa shape index (κ2) is 6.99. The summed E-state index contributed by atoms with van der Waals surface area (Å²) in [6.45, 7) is 0.613. The van der Waals surface area contributed by atoms with Crippen molar-refractivity contribution in [2.45, 2.75) is 23.8 Å². The van der Waals surface area contributed by atoms with Crippen LogP contribution in [-0.4, -0.2) is 42.2 Å². The van der Waals surface area contributed by atoms with Crippen LogP contribution in [0.1, 0.15) is 12.8 Å². The van der Waals surface area contributed by atoms with Gasteiger partial charge in [0.05, 0.1) is 17.9 Å². The van der Waals surface area contributed by atoms with Crippen molar-refractivity contribution in [2.75, 3.05) is 19.4 Å². The molecule has 20 heavy (non-hydrogen) atoms. The van der Waals surface area contributed by atoms with Crippen LogP contribution in [0.2, 0.25) is 5.02 Å². The number of halogens is 1. The van der Waals surface area contributed by atoms with Gasteiger partial charge in [0.2, 0.25) is 5.91 Å². The summed E-state index contributed by atoms with van der Waals surface area (Å²) in [6.07, 6.45) is 1.51. The van der Waals surface area contributed by atoms with E-state index < -0.39 is 6.04 Å². The van der Waals surface area contributed by atoms with Gasteiger partial charge in [0.25, 0.3) is 0 Å². The maximum atomic E-state index is 12.2. The predicted molar refractivity (Wildman–Crippen MR) is 78.9 cm³/mol. The fourth-order valence-electron chi connectivity index (χ4n) is 2.23. The first-order chi connectivity index (χ1) is 9.63. The molecule has 1 aliphatic heterocycles. The highest BCUT2D eigenvalue weighted by atomic mass is 35.5. The molecule has 2 rings (SSSR count). The maximum absolute atomic E-state index is 12.2. The summed E-state index contributed by atoms with van der Waals surface area (Å²) in [5.74, 6) is -0.113. The number of amides is 1. The van der Waals surface area contributed by atoms with Gasteiger partial charge in [-0.3, -0.25) is 4.79 Å². The molecule has 1 aromatic rings. The van der Waals surface area contributed by atoms with Crippen LogP contribution < -0.4 is 0 Å². The number of hydrogen-bond acceptors (Lipinski definition) is 4. The van der Waals surface area contributed by atoms with Gasteiger partial charge in [0.15, 0.2) is 0 Å². The molecular weight excluding hydrogens is 298 g/mol. The number of rotatable bonds is 4. The van der Waals surface area contributed by atoms with Crippen molar-refractivity contribution >= 4 is 35.2 Å². The van der Waals surface area contributed by atoms with Crippen LogP contribution in [0.15, 0.2) is 29.2 Å². The van der Waals surface area contributed by atoms with E-state index in [-0.39, 0.29) is 17.6 Å². The molecule has 108 valence electrons. The summed E-state index contributed by atoms with van der Waals surface area (Å²) in [5, 5.41) is 0.635. The number of hydrogen-bond donors (Lipinski definition) is 0. The first-order valence-electron chi connectivity index (χ1n) is 6.38. The number of likely N-dealkylation sites (tertiary alicyclic amines) is 1. The maximum Gasteiger partial charge on any atom is 0.328 e. The molecule has 1 aromatic carbocycles. The third-order valence-electron chi connectivity index (χ3n) is 3.23. The molecule has 1 saturated heterocycles. The number of esters is 1. The van der Waals surface area contributed by atoms with Crippen LogP contribution in [0.4, 0.5) is 0 Å². The first-order valence-corrected chi connectivity index (χ1v) is 7.74. The summed E-state index contributed by atoms with van der Waals surface area (Å²) >= 11 is 7.44. The Bertz CT molecular complexity index is 509. The average Bonchev–Trinajstić information content (AvgIpc) is 2.94. The van der Waals surface area contributed by atoms with Gasteiger partial charge in [-0.2, -0.15) is 0 Å². The zero-order valence-corrected chi connectivity index (χ0v) is 12.7. The van der Waals surface area contributed by atoms with E-state index in [1.807, 2.05) is 18.2 Å². The number of benzene rings is 1. The Balaban J connectivity index is 1.95. The Morgan fingerprint density at radius 2 is 2.20 bits per heavy atom. The van der Waals surface area contributed by atoms with E-state index in [1.165, 1.54) is 18.9 Å². The number of ether oxygens (including phenoxy) is 1. The standard InChI is InChI=1S/C14H16ClNO3S/c1-19-14(18)11-6-4-8-16(11)13(17)9-20-12-7-3-2-5-10(12)15/h2-3,5,7,11H,4,6,8-9H2,1H3. The number of methoxy groups -OCH3 is 1. The lowest BCUT2D eigenvalue weighted by Crippen LogP contribution is -2.41. The van der Waals surface area contributed by atoms with Crippen molar-refractivity contribution in [1.29, 1.82) is 0 Å². The van der Waals surface area contributed by atoms with Crippen LogP contribution in [0.3, 0.4) is 0 Å². The van der Waals surface area contributed by atoms with Crippen LogP contribution in [0, 0.1) is 0 Å². The van der Waals surface area contributed by atoms with Crippen molar-refractivity contribution in [3.63, 3.8) is 0 Å². The summed E-state index contributed by atoms with van der Waals surface area (Å²) in [6, 6.07) is 6.97. The van der Waals surface area contributed by atoms with Gasteiger partial charge in [-0.1, -0.05) is 23.7 Å². The topological polar surface area (TPSA) is 46.6 Å². The van der Waals surface area contributed by atoms with Gasteiger partial charge in [-0.05, 0) is 25.0 Å². The molecule has 1 fully saturated rings. The number of nitrogens with zero attached hydrogens (tertiary/aromatic N) is 1. The highest BCUT2D eigenvalue weighted by molar-refractivity contribution is 8.00. The Morgan fingerprint density at radius 1 is 1.45 bits per heavy atom. The Morgan fingerprint density at radius 3 is 2.90 bits per heavy atom. The van der Waals surface area contributed by atoms with Gasteiger partial charge >= 0.3 is 5.97 Å². The lowest BCUT2D eigenvalue weighted by molar-refractivity contribution is -0.150. The molecule has 1 heterocycles. The summed E-state index contributed by atoms with van der Waals surface area (Å²) in [7, 11) is 1.35. The average molecular weight is 314 g/mol. The first kappa shape index (κ1) is 15.2. The Hall–Kier alpha value is -1.20. The van der Waals surface area contributed by atoms with Gasteiger partial charge in [-0.15, -0.1) is 11.8 Å². The molecule has 1 atom stereocenters. The number of carbonyl (C=O) groups excluding carboxylic acids is 2. The van der Waals surface area contributed by atoms with Crippen molar-refractivity contribution in [3.05, 3.63) is 29.3 Å². The van der Waals surface area contributed by atoms with Crippen LogP contribution in [0.5, 0.6) is 0 Å². The third kappa shape index (κ3) is 3.46. The van der Waals surface area contributed by atoms with Crippen LogP contribution >= 0.6 is 23.4 Å². The quantitative estimate of drug-likeness (QED) is 0.633. The van der Waals surface area contributed by atoms with Crippen molar-refractivity contribution < 1.29 is 14.3 Å². The SMILES string of the molecule is COC(=O)C1CCCN1C(=O)CSc1ccccc1Cl. The smallest absolute Gasteiger partial charge is 0.328 e. The highest BCUT2D eigenvalue weighted by Gasteiger charge is 2.34. The largest absolute Gasteiger partial charge is 0.467 e. The minimum Gasteiger partial charge on any atom is -0.467 e. The normalized spacial score (nSPS) is 18.1. The Kier molecular flexibility index (Phi) is 5.31. The lowest BCUT2D eigenvalue weighted by Gasteiger charge is -2.22. The lowest BCUT2D eigenvalue weighted by atomic mass is 10.2. The van der Waals surface area contributed by atoms with E-state index in [4.69, 9.17) is 16.3 Å². The second-order valence-electron chi connectivity index (χ2n) is 4.49. The van der Waals surface area contributed by atoms with E-state index in [9.17, 15) is 9.59 Å². The van der Waals surface area contributed by atoms with E-state index in [1.54, 1.807) is 11.0 Å². The zero-order valence-electron chi connectivity index (χ0n) is 11.2. The van der Waals surface area contributed by atoms with Crippen molar-refractivity contribution in [1.82, 2.24) is 4.90 Å². The molecule has 6 heteroatoms. The molecule has 1 unspecified atom stereocenters. The van der Waals surface area contributed by atoms with Crippen LogP contribution in [-0.2, 0) is 14.3 Å². The van der Waals surface area contributed by atoms with Gasteiger partial charge in [0.1, 0.15) is 6.04 Å². The molecule has 0 saturated carbocycles. The van der Waals surface area contributed by atoms with Gasteiger partial charge in [-0.25, -0.2) is 4.79 Å². The molecule has 0 bridgehead atoms. The fourth-order valence-corrected chi connectivity index (χ4v) is 3.36. The summed E-state index contributed by atoms with van der Waals surface area (Å²) in [4.78, 5) is 26.3. The van der Waals surface area contributed by atoms with Gasteiger partial charge < -0.3 is 9.64 Å². The van der Waals surface area contributed by atoms with Crippen LogP contribution in [0.25, 0.3) is 0 Å². The molecule has 0 aliphatic carbocycles. The highest BCUT2D eigenvalue weighted by Crippen LogP contribution is 2.28. The van der Waals surface area contributed by atoms with E-state index in [0.717, 1.165) is 11.3 Å². The second-order valence-corrected chi connectivity index (χ2v) is 5.91. The predicted octanol–water partition coefficient (Wildman–Crippen LogP) is 2.60. The summed E-state index contributed by atoms with van der Waals surface area (Å²) in [5.41, 5.74) is 0. The minimum atomic E-state index is -0.431. The number of thioether (sulfide) groups is 1. The van der Waals surface area contributed by atoms with E-state index in [2.05, 4.69) is 0 Å². The molecule has 1 amide bonds. The molecule has 0 spiro atoms. The summed E-state index contributed by atoms with van der Waals surface area (Å²) < 4.78 is 4.74. The van der Waals surface area contributed by atoms with Crippen molar-refractivity contribution in [3.8, 4) is 0 Å². The number of carbonyl (C=O) groups is 2. The Labute approximate surface area is 127 Å².